The maximum atomic E-state index is 5.46. The summed E-state index contributed by atoms with van der Waals surface area (Å²) in [7, 11) is 0. The zero-order valence-corrected chi connectivity index (χ0v) is 11.6. The molecule has 6 nitrogen and oxygen atoms in total. The number of aromatic nitrogens is 4. The summed E-state index contributed by atoms with van der Waals surface area (Å²) in [5.41, 5.74) is 3.04. The molecule has 2 rings (SSSR count). The summed E-state index contributed by atoms with van der Waals surface area (Å²) in [6, 6.07) is 0. The van der Waals surface area contributed by atoms with Crippen molar-refractivity contribution in [2.75, 3.05) is 25.1 Å². The molecule has 6 heteroatoms. The van der Waals surface area contributed by atoms with Gasteiger partial charge in [-0.3, -0.25) is 0 Å². The Morgan fingerprint density at radius 3 is 3.00 bits per heavy atom. The topological polar surface area (TPSA) is 64.3 Å². The monoisotopic (exact) mass is 261 g/mol. The zero-order valence-electron chi connectivity index (χ0n) is 11.6. The van der Waals surface area contributed by atoms with E-state index < -0.39 is 0 Å². The van der Waals surface area contributed by atoms with Gasteiger partial charge in [-0.1, -0.05) is 12.2 Å². The van der Waals surface area contributed by atoms with Gasteiger partial charge < -0.3 is 10.1 Å². The van der Waals surface area contributed by atoms with Crippen LogP contribution in [0.15, 0.2) is 18.5 Å². The van der Waals surface area contributed by atoms with Gasteiger partial charge in [-0.05, 0) is 20.8 Å². The molecule has 0 saturated heterocycles. The van der Waals surface area contributed by atoms with Crippen molar-refractivity contribution in [3.63, 3.8) is 0 Å². The molecule has 0 fully saturated rings. The first-order chi connectivity index (χ1) is 9.09. The lowest BCUT2D eigenvalue weighted by Gasteiger charge is -2.12. The molecule has 0 spiro atoms. The van der Waals surface area contributed by atoms with E-state index in [-0.39, 0.29) is 0 Å². The molecule has 2 aromatic heterocycles. The highest BCUT2D eigenvalue weighted by atomic mass is 16.5. The Labute approximate surface area is 112 Å². The second-order valence-electron chi connectivity index (χ2n) is 4.58. The molecule has 0 radical (unpaired) electrons. The standard InChI is InChI=1S/C13H19N5O/c1-9(2)7-19-6-5-14-12-10(3)11(4)17-13-15-8-16-18(12)13/h8,14H,1,5-7H2,2-4H3. The minimum atomic E-state index is 0.592. The summed E-state index contributed by atoms with van der Waals surface area (Å²) in [5, 5.41) is 7.50. The Morgan fingerprint density at radius 1 is 1.47 bits per heavy atom. The number of nitrogens with one attached hydrogen (secondary N) is 1. The molecule has 0 saturated carbocycles. The Hall–Kier alpha value is -1.95. The van der Waals surface area contributed by atoms with E-state index in [1.807, 2.05) is 20.8 Å². The predicted molar refractivity (Wildman–Crippen MR) is 74.4 cm³/mol. The van der Waals surface area contributed by atoms with Gasteiger partial charge in [0, 0.05) is 17.8 Å². The third-order valence-corrected chi connectivity index (χ3v) is 2.79. The first-order valence-corrected chi connectivity index (χ1v) is 6.22. The lowest BCUT2D eigenvalue weighted by Crippen LogP contribution is -2.15. The highest BCUT2D eigenvalue weighted by molar-refractivity contribution is 5.51. The fourth-order valence-corrected chi connectivity index (χ4v) is 1.73. The van der Waals surface area contributed by atoms with Crippen molar-refractivity contribution in [3.8, 4) is 0 Å². The number of hydrogen-bond donors (Lipinski definition) is 1. The third-order valence-electron chi connectivity index (χ3n) is 2.79. The molecule has 0 bridgehead atoms. The number of ether oxygens (including phenoxy) is 1. The number of aryl methyl sites for hydroxylation is 1. The normalized spacial score (nSPS) is 10.9. The van der Waals surface area contributed by atoms with Crippen molar-refractivity contribution < 1.29 is 4.74 Å². The highest BCUT2D eigenvalue weighted by Crippen LogP contribution is 2.17. The summed E-state index contributed by atoms with van der Waals surface area (Å²) < 4.78 is 7.17. The quantitative estimate of drug-likeness (QED) is 0.634. The van der Waals surface area contributed by atoms with Crippen LogP contribution in [0.5, 0.6) is 0 Å². The van der Waals surface area contributed by atoms with Crippen LogP contribution >= 0.6 is 0 Å². The fourth-order valence-electron chi connectivity index (χ4n) is 1.73. The maximum Gasteiger partial charge on any atom is 0.254 e. The molecule has 2 aromatic rings. The summed E-state index contributed by atoms with van der Waals surface area (Å²) in [6.07, 6.45) is 1.50. The molecule has 2 heterocycles. The van der Waals surface area contributed by atoms with Crippen LogP contribution in [0, 0.1) is 13.8 Å². The minimum absolute atomic E-state index is 0.592. The highest BCUT2D eigenvalue weighted by Gasteiger charge is 2.10. The van der Waals surface area contributed by atoms with Gasteiger partial charge >= 0.3 is 0 Å². The van der Waals surface area contributed by atoms with Crippen molar-refractivity contribution in [1.82, 2.24) is 19.6 Å². The summed E-state index contributed by atoms with van der Waals surface area (Å²) >= 11 is 0. The molecule has 1 N–H and O–H groups in total. The van der Waals surface area contributed by atoms with E-state index in [9.17, 15) is 0 Å². The average molecular weight is 261 g/mol. The van der Waals surface area contributed by atoms with Crippen molar-refractivity contribution in [3.05, 3.63) is 29.7 Å². The van der Waals surface area contributed by atoms with E-state index in [0.29, 0.717) is 25.5 Å². The zero-order chi connectivity index (χ0) is 13.8. The van der Waals surface area contributed by atoms with Crippen LogP contribution in [0.3, 0.4) is 0 Å². The van der Waals surface area contributed by atoms with E-state index >= 15 is 0 Å². The van der Waals surface area contributed by atoms with E-state index in [1.54, 1.807) is 4.52 Å². The van der Waals surface area contributed by atoms with Crippen molar-refractivity contribution in [2.24, 2.45) is 0 Å². The first-order valence-electron chi connectivity index (χ1n) is 6.22. The molecular weight excluding hydrogens is 242 g/mol. The Kier molecular flexibility index (Phi) is 4.11. The van der Waals surface area contributed by atoms with Crippen LogP contribution in [-0.2, 0) is 4.74 Å². The molecule has 19 heavy (non-hydrogen) atoms. The van der Waals surface area contributed by atoms with Gasteiger partial charge in [-0.15, -0.1) is 0 Å². The number of anilines is 1. The SMILES string of the molecule is C=C(C)COCCNc1c(C)c(C)nc2ncnn12. The van der Waals surface area contributed by atoms with Gasteiger partial charge in [0.25, 0.3) is 5.78 Å². The second-order valence-corrected chi connectivity index (χ2v) is 4.58. The first kappa shape index (κ1) is 13.5. The van der Waals surface area contributed by atoms with Crippen LogP contribution in [0.1, 0.15) is 18.2 Å². The van der Waals surface area contributed by atoms with E-state index in [4.69, 9.17) is 4.74 Å². The molecule has 0 aliphatic heterocycles. The van der Waals surface area contributed by atoms with Crippen LogP contribution in [0.4, 0.5) is 5.82 Å². The molecule has 0 amide bonds. The van der Waals surface area contributed by atoms with E-state index in [2.05, 4.69) is 27.0 Å². The van der Waals surface area contributed by atoms with Gasteiger partial charge in [0.05, 0.1) is 13.2 Å². The Balaban J connectivity index is 2.05. The summed E-state index contributed by atoms with van der Waals surface area (Å²) in [6.45, 7) is 11.6. The van der Waals surface area contributed by atoms with Gasteiger partial charge in [0.15, 0.2) is 0 Å². The van der Waals surface area contributed by atoms with Crippen molar-refractivity contribution >= 4 is 11.6 Å². The van der Waals surface area contributed by atoms with Crippen LogP contribution in [-0.4, -0.2) is 39.3 Å². The Morgan fingerprint density at radius 2 is 2.26 bits per heavy atom. The summed E-state index contributed by atoms with van der Waals surface area (Å²) in [4.78, 5) is 8.48. The molecule has 0 aliphatic carbocycles. The van der Waals surface area contributed by atoms with Gasteiger partial charge in [-0.2, -0.15) is 14.6 Å². The van der Waals surface area contributed by atoms with E-state index in [0.717, 1.165) is 22.6 Å². The minimum Gasteiger partial charge on any atom is -0.375 e. The number of fused-ring (bicyclic) bond motifs is 1. The Bertz CT molecular complexity index is 590. The predicted octanol–water partition coefficient (Wildman–Crippen LogP) is 1.75. The molecule has 0 aromatic carbocycles. The lowest BCUT2D eigenvalue weighted by atomic mass is 10.2. The summed E-state index contributed by atoms with van der Waals surface area (Å²) in [5.74, 6) is 1.52. The van der Waals surface area contributed by atoms with Gasteiger partial charge in [0.1, 0.15) is 12.1 Å². The molecule has 0 unspecified atom stereocenters. The molecule has 0 aliphatic rings. The van der Waals surface area contributed by atoms with Crippen LogP contribution in [0.25, 0.3) is 5.78 Å². The van der Waals surface area contributed by atoms with Gasteiger partial charge in [0.2, 0.25) is 0 Å². The molecule has 0 atom stereocenters. The smallest absolute Gasteiger partial charge is 0.254 e. The third kappa shape index (κ3) is 3.08. The van der Waals surface area contributed by atoms with Crippen molar-refractivity contribution in [1.29, 1.82) is 0 Å². The second kappa shape index (κ2) is 5.79. The van der Waals surface area contributed by atoms with Crippen LogP contribution in [0.2, 0.25) is 0 Å². The van der Waals surface area contributed by atoms with Gasteiger partial charge in [-0.25, -0.2) is 4.98 Å². The largest absolute Gasteiger partial charge is 0.375 e. The molecular formula is C13H19N5O. The average Bonchev–Trinajstić information content (AvgIpc) is 2.80. The lowest BCUT2D eigenvalue weighted by molar-refractivity contribution is 0.167. The molecule has 102 valence electrons. The number of rotatable bonds is 6. The number of nitrogens with zero attached hydrogens (tertiary/aromatic N) is 4. The fraction of sp³-hybridized carbons (Fsp3) is 0.462. The van der Waals surface area contributed by atoms with Crippen LogP contribution < -0.4 is 5.32 Å². The number of hydrogen-bond acceptors (Lipinski definition) is 5. The maximum absolute atomic E-state index is 5.46. The van der Waals surface area contributed by atoms with Crippen molar-refractivity contribution in [2.45, 2.75) is 20.8 Å². The van der Waals surface area contributed by atoms with E-state index in [1.165, 1.54) is 6.33 Å².